The van der Waals surface area contributed by atoms with Crippen molar-refractivity contribution in [3.05, 3.63) is 39.1 Å². The summed E-state index contributed by atoms with van der Waals surface area (Å²) in [5.41, 5.74) is 0.425. The second kappa shape index (κ2) is 4.89. The van der Waals surface area contributed by atoms with Crippen LogP contribution in [0.25, 0.3) is 10.9 Å². The van der Waals surface area contributed by atoms with Gasteiger partial charge in [-0.15, -0.1) is 0 Å². The molecule has 0 atom stereocenters. The van der Waals surface area contributed by atoms with E-state index >= 15 is 0 Å². The Labute approximate surface area is 115 Å². The number of aromatic nitrogens is 2. The molecule has 0 aliphatic heterocycles. The lowest BCUT2D eigenvalue weighted by atomic mass is 9.95. The van der Waals surface area contributed by atoms with Crippen LogP contribution in [-0.4, -0.2) is 9.55 Å². The van der Waals surface area contributed by atoms with Crippen LogP contribution >= 0.6 is 12.2 Å². The number of rotatable bonds is 1. The van der Waals surface area contributed by atoms with Crippen molar-refractivity contribution >= 4 is 23.1 Å². The van der Waals surface area contributed by atoms with Crippen LogP contribution in [0.1, 0.15) is 38.1 Å². The number of hydrogen-bond acceptors (Lipinski definition) is 2. The molecule has 0 amide bonds. The first-order valence-electron chi connectivity index (χ1n) is 6.61. The van der Waals surface area contributed by atoms with Crippen molar-refractivity contribution in [2.24, 2.45) is 0 Å². The Morgan fingerprint density at radius 2 is 2.00 bits per heavy atom. The molecule has 1 aromatic carbocycles. The molecule has 1 heterocycles. The Kier molecular flexibility index (Phi) is 3.22. The first kappa shape index (κ1) is 12.5. The molecular weight excluding hydrogens is 263 g/mol. The van der Waals surface area contributed by atoms with Crippen LogP contribution < -0.4 is 5.56 Å². The van der Waals surface area contributed by atoms with Gasteiger partial charge in [-0.3, -0.25) is 9.36 Å². The third-order valence-electron chi connectivity index (χ3n) is 3.83. The van der Waals surface area contributed by atoms with Gasteiger partial charge >= 0.3 is 0 Å². The largest absolute Gasteiger partial charge is 0.332 e. The summed E-state index contributed by atoms with van der Waals surface area (Å²) in [7, 11) is 0. The van der Waals surface area contributed by atoms with E-state index in [1.807, 2.05) is 0 Å². The molecule has 1 fully saturated rings. The quantitative estimate of drug-likeness (QED) is 0.808. The fraction of sp³-hybridized carbons (Fsp3) is 0.429. The molecule has 0 saturated heterocycles. The fourth-order valence-corrected chi connectivity index (χ4v) is 3.21. The molecule has 0 bridgehead atoms. The fourth-order valence-electron chi connectivity index (χ4n) is 2.87. The Morgan fingerprint density at radius 3 is 2.74 bits per heavy atom. The van der Waals surface area contributed by atoms with Crippen LogP contribution in [-0.2, 0) is 0 Å². The van der Waals surface area contributed by atoms with Crippen LogP contribution in [0.3, 0.4) is 0 Å². The van der Waals surface area contributed by atoms with Crippen molar-refractivity contribution in [3.8, 4) is 0 Å². The highest BCUT2D eigenvalue weighted by Gasteiger charge is 2.18. The second-order valence-electron chi connectivity index (χ2n) is 5.09. The van der Waals surface area contributed by atoms with Gasteiger partial charge in [0.2, 0.25) is 0 Å². The highest BCUT2D eigenvalue weighted by molar-refractivity contribution is 7.71. The number of halogens is 1. The zero-order chi connectivity index (χ0) is 13.4. The normalized spacial score (nSPS) is 16.9. The van der Waals surface area contributed by atoms with Gasteiger partial charge in [-0.1, -0.05) is 19.3 Å². The van der Waals surface area contributed by atoms with E-state index in [1.165, 1.54) is 18.6 Å². The number of nitrogens with one attached hydrogen (secondary N) is 1. The average molecular weight is 278 g/mol. The maximum absolute atomic E-state index is 13.3. The van der Waals surface area contributed by atoms with Crippen LogP contribution in [0.15, 0.2) is 23.0 Å². The minimum absolute atomic E-state index is 0.151. The molecular formula is C14H15FN2OS. The summed E-state index contributed by atoms with van der Waals surface area (Å²) in [4.78, 5) is 15.5. The Morgan fingerprint density at radius 1 is 1.26 bits per heavy atom. The van der Waals surface area contributed by atoms with Gasteiger partial charge < -0.3 is 4.98 Å². The number of hydrogen-bond donors (Lipinski definition) is 1. The lowest BCUT2D eigenvalue weighted by Crippen LogP contribution is -2.28. The highest BCUT2D eigenvalue weighted by atomic mass is 32.1. The van der Waals surface area contributed by atoms with E-state index in [2.05, 4.69) is 4.98 Å². The smallest absolute Gasteiger partial charge is 0.262 e. The lowest BCUT2D eigenvalue weighted by molar-refractivity contribution is 0.342. The van der Waals surface area contributed by atoms with Gasteiger partial charge in [0.25, 0.3) is 5.56 Å². The lowest BCUT2D eigenvalue weighted by Gasteiger charge is -2.24. The van der Waals surface area contributed by atoms with E-state index in [0.29, 0.717) is 15.7 Å². The van der Waals surface area contributed by atoms with E-state index in [1.54, 1.807) is 10.6 Å². The Bertz CT molecular complexity index is 728. The second-order valence-corrected chi connectivity index (χ2v) is 5.47. The van der Waals surface area contributed by atoms with Crippen LogP contribution in [0.5, 0.6) is 0 Å². The molecule has 1 N–H and O–H groups in total. The molecule has 100 valence electrons. The number of benzene rings is 1. The van der Waals surface area contributed by atoms with Gasteiger partial charge in [-0.25, -0.2) is 4.39 Å². The predicted molar refractivity (Wildman–Crippen MR) is 75.5 cm³/mol. The van der Waals surface area contributed by atoms with Crippen molar-refractivity contribution in [2.45, 2.75) is 38.1 Å². The highest BCUT2D eigenvalue weighted by Crippen LogP contribution is 2.27. The zero-order valence-electron chi connectivity index (χ0n) is 10.5. The average Bonchev–Trinajstić information content (AvgIpc) is 2.41. The number of fused-ring (bicyclic) bond motifs is 1. The van der Waals surface area contributed by atoms with Gasteiger partial charge in [0.1, 0.15) is 5.82 Å². The van der Waals surface area contributed by atoms with Crippen molar-refractivity contribution in [2.75, 3.05) is 0 Å². The molecule has 3 rings (SSSR count). The van der Waals surface area contributed by atoms with Crippen molar-refractivity contribution < 1.29 is 4.39 Å². The zero-order valence-corrected chi connectivity index (χ0v) is 11.3. The summed E-state index contributed by atoms with van der Waals surface area (Å²) in [5.74, 6) is -0.398. The molecule has 0 unspecified atom stereocenters. The third kappa shape index (κ3) is 2.23. The summed E-state index contributed by atoms with van der Waals surface area (Å²) in [6.07, 6.45) is 5.39. The maximum Gasteiger partial charge on any atom is 0.262 e. The van der Waals surface area contributed by atoms with Gasteiger partial charge in [-0.05, 0) is 43.3 Å². The molecule has 0 radical (unpaired) electrons. The molecule has 0 spiro atoms. The topological polar surface area (TPSA) is 37.8 Å². The molecule has 1 aliphatic rings. The van der Waals surface area contributed by atoms with Crippen molar-refractivity contribution in [3.63, 3.8) is 0 Å². The van der Waals surface area contributed by atoms with Crippen molar-refractivity contribution in [1.29, 1.82) is 0 Å². The summed E-state index contributed by atoms with van der Waals surface area (Å²) >= 11 is 5.29. The van der Waals surface area contributed by atoms with Crippen LogP contribution in [0.2, 0.25) is 0 Å². The SMILES string of the molecule is O=c1c2cc(F)ccc2[nH]c(=S)n1C1CCCCC1. The first-order valence-corrected chi connectivity index (χ1v) is 7.02. The predicted octanol–water partition coefficient (Wildman–Crippen LogP) is 3.70. The monoisotopic (exact) mass is 278 g/mol. The minimum atomic E-state index is -0.398. The molecule has 1 saturated carbocycles. The van der Waals surface area contributed by atoms with E-state index < -0.39 is 5.82 Å². The number of H-pyrrole nitrogens is 1. The molecule has 5 heteroatoms. The van der Waals surface area contributed by atoms with Gasteiger partial charge in [0, 0.05) is 6.04 Å². The van der Waals surface area contributed by atoms with Crippen molar-refractivity contribution in [1.82, 2.24) is 9.55 Å². The first-order chi connectivity index (χ1) is 9.16. The maximum atomic E-state index is 13.3. The number of aromatic amines is 1. The van der Waals surface area contributed by atoms with E-state index in [4.69, 9.17) is 12.2 Å². The van der Waals surface area contributed by atoms with Gasteiger partial charge in [0.05, 0.1) is 10.9 Å². The summed E-state index contributed by atoms with van der Waals surface area (Å²) < 4.78 is 15.4. The third-order valence-corrected chi connectivity index (χ3v) is 4.13. The standard InChI is InChI=1S/C14H15FN2OS/c15-9-6-7-12-11(8-9)13(18)17(14(19)16-12)10-4-2-1-3-5-10/h6-8,10H,1-5H2,(H,16,19). The molecule has 2 aromatic rings. The van der Waals surface area contributed by atoms with Gasteiger partial charge in [0.15, 0.2) is 4.77 Å². The summed E-state index contributed by atoms with van der Waals surface area (Å²) in [6, 6.07) is 4.32. The van der Waals surface area contributed by atoms with E-state index in [0.717, 1.165) is 25.7 Å². The molecule has 3 nitrogen and oxygen atoms in total. The van der Waals surface area contributed by atoms with Crippen LogP contribution in [0.4, 0.5) is 4.39 Å². The van der Waals surface area contributed by atoms with Crippen LogP contribution in [0, 0.1) is 10.6 Å². The van der Waals surface area contributed by atoms with E-state index in [9.17, 15) is 9.18 Å². The molecule has 1 aliphatic carbocycles. The Balaban J connectivity index is 2.24. The van der Waals surface area contributed by atoms with E-state index in [-0.39, 0.29) is 11.6 Å². The number of nitrogens with zero attached hydrogens (tertiary/aromatic N) is 1. The van der Waals surface area contributed by atoms with Gasteiger partial charge in [-0.2, -0.15) is 0 Å². The minimum Gasteiger partial charge on any atom is -0.332 e. The summed E-state index contributed by atoms with van der Waals surface area (Å²) in [6.45, 7) is 0. The molecule has 1 aromatic heterocycles. The molecule has 19 heavy (non-hydrogen) atoms. The Hall–Kier alpha value is -1.49. The summed E-state index contributed by atoms with van der Waals surface area (Å²) in [5, 5.41) is 0.374.